The van der Waals surface area contributed by atoms with Crippen molar-refractivity contribution < 1.29 is 4.79 Å². The van der Waals surface area contributed by atoms with Gasteiger partial charge < -0.3 is 0 Å². The summed E-state index contributed by atoms with van der Waals surface area (Å²) < 4.78 is 2.81. The molecule has 0 N–H and O–H groups in total. The van der Waals surface area contributed by atoms with Crippen LogP contribution in [0.3, 0.4) is 0 Å². The molecule has 15 heavy (non-hydrogen) atoms. The highest BCUT2D eigenvalue weighted by Gasteiger charge is 2.11. The second-order valence-corrected chi connectivity index (χ2v) is 5.90. The van der Waals surface area contributed by atoms with Crippen LogP contribution < -0.4 is 0 Å². The van der Waals surface area contributed by atoms with Crippen molar-refractivity contribution in [3.8, 4) is 0 Å². The van der Waals surface area contributed by atoms with Gasteiger partial charge in [0.1, 0.15) is 13.3 Å². The smallest absolute Gasteiger partial charge is 0.170 e. The zero-order chi connectivity index (χ0) is 11.0. The highest BCUT2D eigenvalue weighted by atomic mass is 127. The zero-order valence-electron chi connectivity index (χ0n) is 8.01. The van der Waals surface area contributed by atoms with Crippen molar-refractivity contribution >= 4 is 55.3 Å². The largest absolute Gasteiger partial charge is 0.296 e. The van der Waals surface area contributed by atoms with E-state index in [0.717, 1.165) is 20.8 Å². The van der Waals surface area contributed by atoms with E-state index < -0.39 is 7.95 Å². The second-order valence-electron chi connectivity index (χ2n) is 3.13. The first-order valence-electron chi connectivity index (χ1n) is 4.25. The molecule has 2 radical (unpaired) electrons. The first-order valence-corrected chi connectivity index (χ1v) is 7.14. The quantitative estimate of drug-likeness (QED) is 0.367. The van der Waals surface area contributed by atoms with Crippen LogP contribution in [0.25, 0.3) is 10.9 Å². The summed E-state index contributed by atoms with van der Waals surface area (Å²) >= 11 is 2.21. The first kappa shape index (κ1) is 11.1. The number of nitrogens with zero attached hydrogens (tertiary/aromatic N) is 2. The normalized spacial score (nSPS) is 12.9. The van der Waals surface area contributed by atoms with Crippen LogP contribution in [-0.4, -0.2) is 30.1 Å². The third-order valence-electron chi connectivity index (χ3n) is 2.06. The summed E-state index contributed by atoms with van der Waals surface area (Å²) in [6.07, 6.45) is 0.772. The van der Waals surface area contributed by atoms with E-state index in [1.807, 2.05) is 24.9 Å². The molecule has 2 rings (SSSR count). The Hall–Kier alpha value is -0.415. The van der Waals surface area contributed by atoms with Crippen molar-refractivity contribution in [3.63, 3.8) is 0 Å². The van der Waals surface area contributed by atoms with E-state index in [1.165, 1.54) is 0 Å². The van der Waals surface area contributed by atoms with Gasteiger partial charge in [0.2, 0.25) is 0 Å². The monoisotopic (exact) mass is 328 g/mol. The number of halogens is 1. The van der Waals surface area contributed by atoms with Crippen LogP contribution in [0, 0.1) is 3.57 Å². The molecule has 1 heterocycles. The molecule has 0 aliphatic carbocycles. The third kappa shape index (κ3) is 1.95. The van der Waals surface area contributed by atoms with E-state index in [0.29, 0.717) is 5.69 Å². The Balaban J connectivity index is 2.80. The van der Waals surface area contributed by atoms with Crippen LogP contribution in [0.5, 0.6) is 0 Å². The molecule has 0 spiro atoms. The number of aromatic nitrogens is 2. The minimum Gasteiger partial charge on any atom is -0.296 e. The summed E-state index contributed by atoms with van der Waals surface area (Å²) in [6.45, 7) is 1.90. The molecule has 0 fully saturated rings. The van der Waals surface area contributed by atoms with Gasteiger partial charge in [0.25, 0.3) is 0 Å². The van der Waals surface area contributed by atoms with Crippen LogP contribution in [0.15, 0.2) is 18.2 Å². The van der Waals surface area contributed by atoms with Crippen molar-refractivity contribution in [2.75, 3.05) is 6.66 Å². The number of benzene rings is 1. The molecule has 0 aliphatic heterocycles. The fraction of sp³-hybridized carbons (Fsp3) is 0.111. The van der Waals surface area contributed by atoms with Gasteiger partial charge >= 0.3 is 0 Å². The highest BCUT2D eigenvalue weighted by molar-refractivity contribution is 14.1. The summed E-state index contributed by atoms with van der Waals surface area (Å²) in [4.78, 5) is 10.9. The molecule has 1 aromatic heterocycles. The Labute approximate surface area is 104 Å². The number of aldehydes is 1. The second kappa shape index (κ2) is 4.22. The van der Waals surface area contributed by atoms with E-state index in [-0.39, 0.29) is 0 Å². The minimum absolute atomic E-state index is 0.461. The number of carbonyl (C=O) groups is 1. The van der Waals surface area contributed by atoms with Gasteiger partial charge in [-0.3, -0.25) is 9.25 Å². The fourth-order valence-electron chi connectivity index (χ4n) is 1.43. The average molecular weight is 328 g/mol. The Bertz CT molecular complexity index is 526. The Morgan fingerprint density at radius 3 is 2.93 bits per heavy atom. The van der Waals surface area contributed by atoms with Crippen LogP contribution in [0.4, 0.5) is 0 Å². The molecule has 1 aromatic carbocycles. The number of hydrogen-bond acceptors (Lipinski definition) is 2. The van der Waals surface area contributed by atoms with E-state index in [4.69, 9.17) is 7.57 Å². The zero-order valence-corrected chi connectivity index (χ0v) is 11.1. The molecule has 2 aromatic rings. The van der Waals surface area contributed by atoms with E-state index >= 15 is 0 Å². The summed E-state index contributed by atoms with van der Waals surface area (Å²) in [6, 6.07) is 5.87. The van der Waals surface area contributed by atoms with Gasteiger partial charge in [-0.2, -0.15) is 5.10 Å². The van der Waals surface area contributed by atoms with Gasteiger partial charge in [0, 0.05) is 8.96 Å². The maximum atomic E-state index is 10.9. The predicted octanol–water partition coefficient (Wildman–Crippen LogP) is 2.41. The van der Waals surface area contributed by atoms with Crippen molar-refractivity contribution in [3.05, 3.63) is 27.5 Å². The van der Waals surface area contributed by atoms with Crippen LogP contribution in [0.1, 0.15) is 10.5 Å². The fourth-order valence-corrected chi connectivity index (χ4v) is 2.67. The molecular weight excluding hydrogens is 321 g/mol. The Morgan fingerprint density at radius 2 is 2.33 bits per heavy atom. The molecule has 0 aliphatic rings. The standard InChI is InChI=1S/C9H7BIN2OP/c1-15(10)13-9-3-2-6(11)4-7(9)8(5-14)12-13/h2-5H,1H3. The molecule has 0 saturated carbocycles. The summed E-state index contributed by atoms with van der Waals surface area (Å²) in [7, 11) is 4.99. The predicted molar refractivity (Wildman–Crippen MR) is 71.8 cm³/mol. The molecule has 74 valence electrons. The lowest BCUT2D eigenvalue weighted by atomic mass is 10.2. The SMILES string of the molecule is [B]P(C)n1nc(C=O)c2cc(I)ccc21. The van der Waals surface area contributed by atoms with Crippen LogP contribution in [-0.2, 0) is 0 Å². The lowest BCUT2D eigenvalue weighted by Crippen LogP contribution is -1.93. The lowest BCUT2D eigenvalue weighted by molar-refractivity contribution is 0.112. The summed E-state index contributed by atoms with van der Waals surface area (Å²) in [5.74, 6) is 0. The van der Waals surface area contributed by atoms with E-state index in [1.54, 1.807) is 4.45 Å². The molecule has 0 amide bonds. The Kier molecular flexibility index (Phi) is 3.12. The maximum Gasteiger partial charge on any atom is 0.170 e. The number of rotatable bonds is 2. The molecular formula is C9H7BIN2OP. The van der Waals surface area contributed by atoms with Crippen molar-refractivity contribution in [1.82, 2.24) is 9.55 Å². The van der Waals surface area contributed by atoms with Gasteiger partial charge in [-0.25, -0.2) is 0 Å². The van der Waals surface area contributed by atoms with Crippen molar-refractivity contribution in [2.24, 2.45) is 0 Å². The van der Waals surface area contributed by atoms with Gasteiger partial charge in [0.15, 0.2) is 6.29 Å². The third-order valence-corrected chi connectivity index (χ3v) is 3.64. The Morgan fingerprint density at radius 1 is 1.60 bits per heavy atom. The number of fused-ring (bicyclic) bond motifs is 1. The first-order chi connectivity index (χ1) is 7.13. The molecule has 0 bridgehead atoms. The molecule has 3 nitrogen and oxygen atoms in total. The molecule has 1 unspecified atom stereocenters. The molecule has 0 saturated heterocycles. The van der Waals surface area contributed by atoms with E-state index in [2.05, 4.69) is 27.7 Å². The highest BCUT2D eigenvalue weighted by Crippen LogP contribution is 2.32. The van der Waals surface area contributed by atoms with Crippen molar-refractivity contribution in [1.29, 1.82) is 0 Å². The summed E-state index contributed by atoms with van der Waals surface area (Å²) in [5.41, 5.74) is 1.39. The number of carbonyl (C=O) groups excluding carboxylic acids is 1. The average Bonchev–Trinajstić information content (AvgIpc) is 2.55. The topological polar surface area (TPSA) is 34.9 Å². The van der Waals surface area contributed by atoms with Gasteiger partial charge in [-0.1, -0.05) is 0 Å². The van der Waals surface area contributed by atoms with Gasteiger partial charge in [-0.05, 0) is 55.4 Å². The van der Waals surface area contributed by atoms with Crippen molar-refractivity contribution in [2.45, 2.75) is 0 Å². The summed E-state index contributed by atoms with van der Waals surface area (Å²) in [5, 5.41) is 5.07. The molecule has 1 atom stereocenters. The lowest BCUT2D eigenvalue weighted by Gasteiger charge is -2.07. The molecule has 6 heteroatoms. The maximum absolute atomic E-state index is 10.9. The van der Waals surface area contributed by atoms with Crippen LogP contribution >= 0.6 is 30.5 Å². The van der Waals surface area contributed by atoms with Gasteiger partial charge in [0.05, 0.1) is 5.52 Å². The van der Waals surface area contributed by atoms with E-state index in [9.17, 15) is 4.79 Å². The minimum atomic E-state index is -0.846. The van der Waals surface area contributed by atoms with Gasteiger partial charge in [-0.15, -0.1) is 0 Å². The van der Waals surface area contributed by atoms with Crippen LogP contribution in [0.2, 0.25) is 0 Å². The number of hydrogen-bond donors (Lipinski definition) is 0.